The highest BCUT2D eigenvalue weighted by Gasteiger charge is 2.26. The predicted octanol–water partition coefficient (Wildman–Crippen LogP) is 15.8. The molecule has 0 aromatic rings. The molecule has 0 heterocycles. The van der Waals surface area contributed by atoms with E-state index in [9.17, 15) is 67.7 Å². The van der Waals surface area contributed by atoms with Crippen LogP contribution in [0.3, 0.4) is 0 Å². The van der Waals surface area contributed by atoms with Gasteiger partial charge in [0.25, 0.3) is 0 Å². The van der Waals surface area contributed by atoms with Crippen LogP contribution in [0.15, 0.2) is 25.3 Å². The maximum Gasteiger partial charge on any atom is 0.407 e. The average Bonchev–Trinajstić information content (AvgIpc) is 0.938. The Kier molecular flexibility index (Phi) is 80.4. The van der Waals surface area contributed by atoms with Crippen LogP contribution in [0.2, 0.25) is 0 Å². The Morgan fingerprint density at radius 3 is 0.661 bits per heavy atom. The molecule has 112 heavy (non-hydrogen) atoms. The zero-order valence-corrected chi connectivity index (χ0v) is 66.9. The second-order valence-corrected chi connectivity index (χ2v) is 26.6. The van der Waals surface area contributed by atoms with Crippen LogP contribution in [-0.2, 0) is 66.5 Å². The van der Waals surface area contributed by atoms with Crippen LogP contribution < -0.4 is 42.5 Å². The number of carbonyl (C=O) groups is 12. The molecule has 4 atom stereocenters. The maximum absolute atomic E-state index is 12.4. The van der Waals surface area contributed by atoms with Crippen molar-refractivity contribution in [1.29, 1.82) is 0 Å². The van der Waals surface area contributed by atoms with Crippen LogP contribution in [0, 0.1) is 0 Å². The Morgan fingerprint density at radius 2 is 0.446 bits per heavy atom. The number of esters is 2. The van der Waals surface area contributed by atoms with Crippen molar-refractivity contribution >= 4 is 72.6 Å². The molecular formula is C80H148N8O24. The Bertz CT molecular complexity index is 2290. The Morgan fingerprint density at radius 1 is 0.259 bits per heavy atom. The van der Waals surface area contributed by atoms with Crippen LogP contribution in [0.5, 0.6) is 0 Å². The zero-order chi connectivity index (χ0) is 81.6. The van der Waals surface area contributed by atoms with Gasteiger partial charge in [-0.3, -0.25) is 0 Å². The van der Waals surface area contributed by atoms with Crippen LogP contribution in [0.1, 0.15) is 299 Å². The lowest BCUT2D eigenvalue weighted by Crippen LogP contribution is -2.42. The summed E-state index contributed by atoms with van der Waals surface area (Å²) in [5, 5.41) is 39.1. The molecule has 652 valence electrons. The van der Waals surface area contributed by atoms with Gasteiger partial charge >= 0.3 is 72.6 Å². The molecule has 0 aliphatic carbocycles. The first-order valence-corrected chi connectivity index (χ1v) is 40.6. The number of carbonyl (C=O) groups excluding carboxylic acids is 10. The summed E-state index contributed by atoms with van der Waals surface area (Å²) in [6.07, 6.45) is 29.8. The van der Waals surface area contributed by atoms with Crippen molar-refractivity contribution in [2.75, 3.05) is 92.2 Å². The molecule has 0 fully saturated rings. The van der Waals surface area contributed by atoms with E-state index in [2.05, 4.69) is 83.4 Å². The van der Waals surface area contributed by atoms with Crippen molar-refractivity contribution < 1.29 is 115 Å². The number of aliphatic carboxylic acids is 2. The van der Waals surface area contributed by atoms with Crippen molar-refractivity contribution in [3.05, 3.63) is 25.3 Å². The fraction of sp³-hybridized carbons (Fsp3) is 0.800. The molecule has 8 amide bonds. The summed E-state index contributed by atoms with van der Waals surface area (Å²) in [5.74, 6) is -3.47. The molecule has 4 unspecified atom stereocenters. The summed E-state index contributed by atoms with van der Waals surface area (Å²) in [7, 11) is 0. The van der Waals surface area contributed by atoms with E-state index in [1.54, 1.807) is 0 Å². The van der Waals surface area contributed by atoms with Gasteiger partial charge in [0.2, 0.25) is 0 Å². The van der Waals surface area contributed by atoms with E-state index >= 15 is 0 Å². The van der Waals surface area contributed by atoms with Gasteiger partial charge in [-0.15, -0.1) is 0 Å². The van der Waals surface area contributed by atoms with Gasteiger partial charge in [0.15, 0.2) is 0 Å². The van der Waals surface area contributed by atoms with E-state index in [0.29, 0.717) is 103 Å². The molecule has 10 N–H and O–H groups in total. The molecule has 0 aromatic heterocycles. The molecule has 0 aliphatic heterocycles. The van der Waals surface area contributed by atoms with E-state index in [-0.39, 0.29) is 107 Å². The normalized spacial score (nSPS) is 11.5. The molecule has 0 aliphatic rings. The predicted molar refractivity (Wildman–Crippen MR) is 429 cm³/mol. The summed E-state index contributed by atoms with van der Waals surface area (Å²) in [6, 6.07) is -3.92. The lowest BCUT2D eigenvalue weighted by Gasteiger charge is -2.17. The molecular weight excluding hydrogens is 1460 g/mol. The molecule has 0 saturated heterocycles. The third kappa shape index (κ3) is 74.3. The first kappa shape index (κ1) is 110. The quantitative estimate of drug-likeness (QED) is 0.0117. The van der Waals surface area contributed by atoms with Crippen molar-refractivity contribution in [1.82, 2.24) is 42.5 Å². The zero-order valence-electron chi connectivity index (χ0n) is 66.9. The second kappa shape index (κ2) is 82.0. The van der Waals surface area contributed by atoms with Crippen LogP contribution in [0.4, 0.5) is 38.4 Å². The molecule has 0 bridgehead atoms. The molecule has 0 spiro atoms. The van der Waals surface area contributed by atoms with Crippen LogP contribution in [0.25, 0.3) is 0 Å². The van der Waals surface area contributed by atoms with Gasteiger partial charge in [0.05, 0.1) is 52.9 Å². The number of carboxylic acids is 2. The molecule has 0 rings (SSSR count). The van der Waals surface area contributed by atoms with Gasteiger partial charge in [0.1, 0.15) is 37.4 Å². The Balaban J connectivity index is -0.00000103. The molecule has 0 aromatic carbocycles. The minimum Gasteiger partial charge on any atom is -0.480 e. The van der Waals surface area contributed by atoms with Gasteiger partial charge < -0.3 is 100 Å². The molecule has 0 radical (unpaired) electrons. The Labute approximate surface area is 668 Å². The number of hydrogen-bond donors (Lipinski definition) is 10. The summed E-state index contributed by atoms with van der Waals surface area (Å²) in [6.45, 7) is 18.4. The summed E-state index contributed by atoms with van der Waals surface area (Å²) < 4.78 is 51.4. The molecule has 0 saturated carbocycles. The number of nitrogens with one attached hydrogen (secondary N) is 8. The van der Waals surface area contributed by atoms with Gasteiger partial charge in [-0.25, -0.2) is 57.5 Å². The lowest BCUT2D eigenvalue weighted by molar-refractivity contribution is -0.145. The standard InChI is InChI=1S/C42H74N4O12.C36H66N4O12.2CH4/c1-5-9-11-13-15-21-31-57-41(51)45-35(37(47)53-29-7-3)25-17-19-27-43-39(49)55-33-23-24-34-56-40(50)44-28-20-18-26-36(38(48)54-30-8-4)46-42(52)58-32-22-16-14-12-10-6-2;1-3-5-7-9-11-17-25-51-35(47)39-29(31(41)42)21-13-15-23-37-33(45)49-27-19-20-28-50-34(46)38-24-16-14-22-30(32(43)44)40-36(48)52-26-18-12-10-8-6-4-2;;/h7-8,35-36H,3-6,9-34H2,1-2H3,(H,43,49)(H,44,50)(H,45,51)(H,46,52);29-30H,3-28H2,1-2H3,(H,37,45)(H,38,46)(H,39,47)(H,40,48)(H,41,42)(H,43,44);2*1H4. The van der Waals surface area contributed by atoms with Gasteiger partial charge in [0, 0.05) is 26.2 Å². The number of alkyl carbamates (subject to hydrolysis) is 8. The van der Waals surface area contributed by atoms with Gasteiger partial charge in [-0.2, -0.15) is 0 Å². The number of rotatable bonds is 70. The van der Waals surface area contributed by atoms with Crippen molar-refractivity contribution in [2.24, 2.45) is 0 Å². The molecule has 32 nitrogen and oxygen atoms in total. The fourth-order valence-corrected chi connectivity index (χ4v) is 10.3. The van der Waals surface area contributed by atoms with E-state index in [1.165, 1.54) is 37.8 Å². The van der Waals surface area contributed by atoms with Crippen LogP contribution >= 0.6 is 0 Å². The lowest BCUT2D eigenvalue weighted by atomic mass is 10.1. The summed E-state index contributed by atoms with van der Waals surface area (Å²) in [4.78, 5) is 144. The topological polar surface area (TPSA) is 434 Å². The Hall–Kier alpha value is -8.48. The minimum absolute atomic E-state index is 0. The second-order valence-electron chi connectivity index (χ2n) is 26.6. The average molecular weight is 1610 g/mol. The first-order valence-electron chi connectivity index (χ1n) is 40.6. The third-order valence-electron chi connectivity index (χ3n) is 16.7. The fourth-order valence-electron chi connectivity index (χ4n) is 10.3. The summed E-state index contributed by atoms with van der Waals surface area (Å²) in [5.41, 5.74) is 0. The van der Waals surface area contributed by atoms with E-state index in [1.807, 2.05) is 0 Å². The smallest absolute Gasteiger partial charge is 0.407 e. The van der Waals surface area contributed by atoms with Crippen molar-refractivity contribution in [3.8, 4) is 0 Å². The maximum atomic E-state index is 12.4. The van der Waals surface area contributed by atoms with Crippen molar-refractivity contribution in [3.63, 3.8) is 0 Å². The largest absolute Gasteiger partial charge is 0.480 e. The van der Waals surface area contributed by atoms with Gasteiger partial charge in [-0.05, 0) is 128 Å². The number of ether oxygens (including phenoxy) is 10. The van der Waals surface area contributed by atoms with Crippen molar-refractivity contribution in [2.45, 2.75) is 324 Å². The SMILES string of the molecule is C.C.C=CCOC(=O)C(CCCCNC(=O)OCCCCOC(=O)NCCCCC(NC(=O)OCCCCCCCC)C(=O)OCC=C)NC(=O)OCCCCCCCC.CCCCCCCCOC(=O)NC(CCCCNC(=O)OCCCCOC(=O)NCCCCC(NC(=O)OCCCCCCCC)C(=O)O)C(=O)O. The highest BCUT2D eigenvalue weighted by Crippen LogP contribution is 2.13. The highest BCUT2D eigenvalue weighted by molar-refractivity contribution is 5.83. The number of carboxylic acid groups (broad SMARTS) is 2. The first-order chi connectivity index (χ1) is 53.3. The number of unbranched alkanes of at least 4 members (excludes halogenated alkanes) is 26. The monoisotopic (exact) mass is 1610 g/mol. The number of hydrogen-bond acceptors (Lipinski definition) is 22. The van der Waals surface area contributed by atoms with Crippen LogP contribution in [-0.4, -0.2) is 199 Å². The number of amides is 8. The third-order valence-corrected chi connectivity index (χ3v) is 16.7. The molecule has 32 heteroatoms. The van der Waals surface area contributed by atoms with E-state index in [4.69, 9.17) is 47.4 Å². The summed E-state index contributed by atoms with van der Waals surface area (Å²) >= 11 is 0. The van der Waals surface area contributed by atoms with Gasteiger partial charge in [-0.1, -0.05) is 196 Å². The highest BCUT2D eigenvalue weighted by atomic mass is 16.6. The van der Waals surface area contributed by atoms with E-state index < -0.39 is 96.8 Å². The van der Waals surface area contributed by atoms with E-state index in [0.717, 1.165) is 128 Å². The minimum atomic E-state index is -1.15.